The molecule has 0 aliphatic carbocycles. The Morgan fingerprint density at radius 2 is 2.00 bits per heavy atom. The van der Waals surface area contributed by atoms with Gasteiger partial charge in [-0.1, -0.05) is 13.0 Å². The molecule has 0 spiro atoms. The van der Waals surface area contributed by atoms with E-state index in [1.165, 1.54) is 12.1 Å². The minimum absolute atomic E-state index is 0.0499. The highest BCUT2D eigenvalue weighted by Crippen LogP contribution is 2.37. The third kappa shape index (κ3) is 3.70. The predicted molar refractivity (Wildman–Crippen MR) is 99.2 cm³/mol. The van der Waals surface area contributed by atoms with Crippen molar-refractivity contribution in [1.82, 2.24) is 4.90 Å². The summed E-state index contributed by atoms with van der Waals surface area (Å²) in [5.74, 6) is 1.91. The van der Waals surface area contributed by atoms with Gasteiger partial charge in [0.1, 0.15) is 5.76 Å². The number of fused-ring (bicyclic) bond motifs is 1. The Kier molecular flexibility index (Phi) is 4.42. The highest BCUT2D eigenvalue weighted by atomic mass is 16.7. The fourth-order valence-electron chi connectivity index (χ4n) is 4.04. The van der Waals surface area contributed by atoms with Crippen LogP contribution in [0.4, 0.5) is 0 Å². The third-order valence-electron chi connectivity index (χ3n) is 5.24. The molecule has 6 nitrogen and oxygen atoms in total. The van der Waals surface area contributed by atoms with E-state index in [4.69, 9.17) is 13.9 Å². The highest BCUT2D eigenvalue weighted by Gasteiger charge is 2.34. The van der Waals surface area contributed by atoms with Gasteiger partial charge in [0, 0.05) is 25.2 Å². The number of ether oxygens (including phenoxy) is 2. The van der Waals surface area contributed by atoms with Gasteiger partial charge in [-0.25, -0.2) is 0 Å². The third-order valence-corrected chi connectivity index (χ3v) is 5.24. The van der Waals surface area contributed by atoms with Gasteiger partial charge >= 0.3 is 0 Å². The lowest BCUT2D eigenvalue weighted by Gasteiger charge is -2.40. The van der Waals surface area contributed by atoms with Gasteiger partial charge < -0.3 is 18.8 Å². The number of rotatable bonds is 3. The van der Waals surface area contributed by atoms with Crippen LogP contribution in [0.2, 0.25) is 0 Å². The molecule has 6 heteroatoms. The first-order chi connectivity index (χ1) is 12.9. The van der Waals surface area contributed by atoms with Crippen molar-refractivity contribution in [3.63, 3.8) is 0 Å². The molecular weight excluding hydrogens is 346 g/mol. The smallest absolute Gasteiger partial charge is 0.289 e. The quantitative estimate of drug-likeness (QED) is 0.831. The number of nitrogens with zero attached hydrogens (tertiary/aromatic N) is 1. The number of piperidine rings is 1. The van der Waals surface area contributed by atoms with Gasteiger partial charge in [-0.05, 0) is 49.3 Å². The Balaban J connectivity index is 1.51. The molecule has 1 unspecified atom stereocenters. The molecule has 0 N–H and O–H groups in total. The second-order valence-corrected chi connectivity index (χ2v) is 7.77. The van der Waals surface area contributed by atoms with Gasteiger partial charge in [-0.2, -0.15) is 0 Å². The summed E-state index contributed by atoms with van der Waals surface area (Å²) in [6.07, 6.45) is 2.79. The monoisotopic (exact) mass is 369 g/mol. The number of aryl methyl sites for hydroxylation is 1. The zero-order valence-corrected chi connectivity index (χ0v) is 15.6. The van der Waals surface area contributed by atoms with Crippen molar-refractivity contribution in [2.24, 2.45) is 5.41 Å². The first-order valence-corrected chi connectivity index (χ1v) is 9.22. The molecule has 0 bridgehead atoms. The number of amides is 1. The lowest BCUT2D eigenvalue weighted by Crippen LogP contribution is -2.46. The lowest BCUT2D eigenvalue weighted by molar-refractivity contribution is 0.0516. The maximum absolute atomic E-state index is 12.9. The van der Waals surface area contributed by atoms with Crippen molar-refractivity contribution in [2.75, 3.05) is 19.9 Å². The van der Waals surface area contributed by atoms with Crippen LogP contribution in [0.5, 0.6) is 11.5 Å². The maximum atomic E-state index is 12.9. The van der Waals surface area contributed by atoms with Crippen LogP contribution < -0.4 is 14.9 Å². The normalized spacial score (nSPS) is 21.3. The average Bonchev–Trinajstić information content (AvgIpc) is 3.07. The molecular formula is C21H23NO5. The number of hydrogen-bond acceptors (Lipinski definition) is 5. The SMILES string of the molecule is Cc1cc(=O)cc(C(=O)N2CCCC(C)(Cc3ccc4c(c3)OCO4)C2)o1. The second-order valence-electron chi connectivity index (χ2n) is 7.77. The zero-order chi connectivity index (χ0) is 19.0. The predicted octanol–water partition coefficient (Wildman–Crippen LogP) is 3.16. The van der Waals surface area contributed by atoms with Crippen molar-refractivity contribution in [1.29, 1.82) is 0 Å². The molecule has 2 aromatic rings. The van der Waals surface area contributed by atoms with Crippen LogP contribution in [0.3, 0.4) is 0 Å². The van der Waals surface area contributed by atoms with Crippen LogP contribution in [0.25, 0.3) is 0 Å². The van der Waals surface area contributed by atoms with E-state index in [2.05, 4.69) is 13.0 Å². The molecule has 4 rings (SSSR count). The molecule has 1 aromatic carbocycles. The Morgan fingerprint density at radius 3 is 2.81 bits per heavy atom. The lowest BCUT2D eigenvalue weighted by atomic mass is 9.77. The highest BCUT2D eigenvalue weighted by molar-refractivity contribution is 5.91. The van der Waals surface area contributed by atoms with Gasteiger partial charge in [0.15, 0.2) is 22.7 Å². The largest absolute Gasteiger partial charge is 0.456 e. The maximum Gasteiger partial charge on any atom is 0.289 e. The molecule has 2 aliphatic heterocycles. The minimum Gasteiger partial charge on any atom is -0.456 e. The molecule has 1 aromatic heterocycles. The first-order valence-electron chi connectivity index (χ1n) is 9.22. The van der Waals surface area contributed by atoms with E-state index in [0.29, 0.717) is 18.8 Å². The van der Waals surface area contributed by atoms with Gasteiger partial charge in [0.25, 0.3) is 5.91 Å². The summed E-state index contributed by atoms with van der Waals surface area (Å²) in [6.45, 7) is 5.44. The van der Waals surface area contributed by atoms with Crippen molar-refractivity contribution in [3.8, 4) is 11.5 Å². The van der Waals surface area contributed by atoms with E-state index in [9.17, 15) is 9.59 Å². The van der Waals surface area contributed by atoms with Crippen LogP contribution in [-0.2, 0) is 6.42 Å². The molecule has 27 heavy (non-hydrogen) atoms. The summed E-state index contributed by atoms with van der Waals surface area (Å²) in [4.78, 5) is 26.4. The number of benzene rings is 1. The Morgan fingerprint density at radius 1 is 1.19 bits per heavy atom. The summed E-state index contributed by atoms with van der Waals surface area (Å²) >= 11 is 0. The topological polar surface area (TPSA) is 69.0 Å². The summed E-state index contributed by atoms with van der Waals surface area (Å²) < 4.78 is 16.3. The molecule has 0 saturated carbocycles. The Labute approximate surface area is 157 Å². The summed E-state index contributed by atoms with van der Waals surface area (Å²) in [5.41, 5.74) is 0.909. The van der Waals surface area contributed by atoms with Crippen molar-refractivity contribution >= 4 is 5.91 Å². The number of likely N-dealkylation sites (tertiary alicyclic amines) is 1. The standard InChI is InChI=1S/C21H23NO5/c1-14-8-16(23)10-19(27-14)20(24)22-7-3-6-21(2,12-22)11-15-4-5-17-18(9-15)26-13-25-17/h4-5,8-10H,3,6-7,11-13H2,1-2H3. The van der Waals surface area contributed by atoms with Crippen molar-refractivity contribution < 1.29 is 18.7 Å². The van der Waals surface area contributed by atoms with Crippen molar-refractivity contribution in [2.45, 2.75) is 33.1 Å². The first kappa shape index (κ1) is 17.6. The minimum atomic E-state index is -0.215. The van der Waals surface area contributed by atoms with Crippen LogP contribution in [0.15, 0.2) is 39.5 Å². The molecule has 142 valence electrons. The van der Waals surface area contributed by atoms with Gasteiger partial charge in [-0.15, -0.1) is 0 Å². The summed E-state index contributed by atoms with van der Waals surface area (Å²) in [7, 11) is 0. The molecule has 2 aliphatic rings. The summed E-state index contributed by atoms with van der Waals surface area (Å²) in [5, 5.41) is 0. The Hall–Kier alpha value is -2.76. The average molecular weight is 369 g/mol. The fourth-order valence-corrected chi connectivity index (χ4v) is 4.04. The zero-order valence-electron chi connectivity index (χ0n) is 15.6. The van der Waals surface area contributed by atoms with E-state index in [-0.39, 0.29) is 29.3 Å². The number of carbonyl (C=O) groups excluding carboxylic acids is 1. The van der Waals surface area contributed by atoms with E-state index in [1.54, 1.807) is 11.8 Å². The van der Waals surface area contributed by atoms with Gasteiger partial charge in [0.2, 0.25) is 6.79 Å². The van der Waals surface area contributed by atoms with Gasteiger partial charge in [0.05, 0.1) is 0 Å². The van der Waals surface area contributed by atoms with E-state index in [1.807, 2.05) is 12.1 Å². The van der Waals surface area contributed by atoms with Crippen LogP contribution in [0, 0.1) is 12.3 Å². The second kappa shape index (κ2) is 6.76. The van der Waals surface area contributed by atoms with Crippen LogP contribution >= 0.6 is 0 Å². The van der Waals surface area contributed by atoms with Crippen LogP contribution in [-0.4, -0.2) is 30.7 Å². The molecule has 3 heterocycles. The molecule has 1 saturated heterocycles. The fraction of sp³-hybridized carbons (Fsp3) is 0.429. The van der Waals surface area contributed by atoms with Crippen LogP contribution in [0.1, 0.15) is 41.6 Å². The van der Waals surface area contributed by atoms with Crippen molar-refractivity contribution in [3.05, 3.63) is 57.6 Å². The summed E-state index contributed by atoms with van der Waals surface area (Å²) in [6, 6.07) is 8.68. The molecule has 1 atom stereocenters. The van der Waals surface area contributed by atoms with E-state index >= 15 is 0 Å². The molecule has 1 amide bonds. The van der Waals surface area contributed by atoms with Gasteiger partial charge in [-0.3, -0.25) is 9.59 Å². The number of hydrogen-bond donors (Lipinski definition) is 0. The van der Waals surface area contributed by atoms with E-state index < -0.39 is 0 Å². The Bertz CT molecular complexity index is 934. The van der Waals surface area contributed by atoms with E-state index in [0.717, 1.165) is 36.3 Å². The number of carbonyl (C=O) groups is 1. The molecule has 1 fully saturated rings. The molecule has 0 radical (unpaired) electrons.